The Labute approximate surface area is 108 Å². The van der Waals surface area contributed by atoms with Crippen molar-refractivity contribution in [1.29, 1.82) is 0 Å². The number of rotatable bonds is 1. The molecule has 0 aliphatic carbocycles. The summed E-state index contributed by atoms with van der Waals surface area (Å²) >= 11 is 0. The fourth-order valence-electron chi connectivity index (χ4n) is 2.39. The highest BCUT2D eigenvalue weighted by Crippen LogP contribution is 2.49. The molecule has 100 valence electrons. The van der Waals surface area contributed by atoms with E-state index in [4.69, 9.17) is 4.74 Å². The van der Waals surface area contributed by atoms with Crippen molar-refractivity contribution in [3.8, 4) is 0 Å². The van der Waals surface area contributed by atoms with Crippen molar-refractivity contribution in [2.45, 2.75) is 61.5 Å². The van der Waals surface area contributed by atoms with Gasteiger partial charge in [-0.1, -0.05) is 67.5 Å². The molecule has 0 aromatic heterocycles. The Kier molecular flexibility index (Phi) is 3.84. The van der Waals surface area contributed by atoms with Crippen LogP contribution in [0.4, 0.5) is 0 Å². The van der Waals surface area contributed by atoms with E-state index in [2.05, 4.69) is 67.5 Å². The van der Waals surface area contributed by atoms with Gasteiger partial charge in [-0.2, -0.15) is 0 Å². The van der Waals surface area contributed by atoms with Crippen LogP contribution < -0.4 is 0 Å². The van der Waals surface area contributed by atoms with Crippen LogP contribution in [0.25, 0.3) is 0 Å². The Bertz CT molecular complexity index is 286. The van der Waals surface area contributed by atoms with Gasteiger partial charge in [-0.3, -0.25) is 0 Å². The molecule has 0 aromatic rings. The van der Waals surface area contributed by atoms with Gasteiger partial charge in [0.05, 0.1) is 12.7 Å². The maximum Gasteiger partial charge on any atom is 0.0702 e. The first kappa shape index (κ1) is 14.8. The second kappa shape index (κ2) is 4.42. The third kappa shape index (κ3) is 2.93. The van der Waals surface area contributed by atoms with Gasteiger partial charge >= 0.3 is 0 Å². The lowest BCUT2D eigenvalue weighted by Gasteiger charge is -2.51. The van der Waals surface area contributed by atoms with Crippen LogP contribution in [0.15, 0.2) is 12.2 Å². The highest BCUT2D eigenvalue weighted by atomic mass is 16.5. The minimum Gasteiger partial charge on any atom is -0.373 e. The molecule has 1 aliphatic heterocycles. The van der Waals surface area contributed by atoms with E-state index < -0.39 is 0 Å². The summed E-state index contributed by atoms with van der Waals surface area (Å²) in [6.07, 6.45) is 4.83. The summed E-state index contributed by atoms with van der Waals surface area (Å²) in [7, 11) is 0. The van der Waals surface area contributed by atoms with Crippen molar-refractivity contribution in [3.05, 3.63) is 12.2 Å². The Morgan fingerprint density at radius 3 is 1.88 bits per heavy atom. The molecule has 2 unspecified atom stereocenters. The number of hydrogen-bond donors (Lipinski definition) is 0. The van der Waals surface area contributed by atoms with Gasteiger partial charge in [0.2, 0.25) is 0 Å². The molecule has 1 heterocycles. The second-order valence-corrected chi connectivity index (χ2v) is 8.05. The van der Waals surface area contributed by atoms with Crippen LogP contribution in [0.2, 0.25) is 0 Å². The molecular formula is C16H30O. The largest absolute Gasteiger partial charge is 0.373 e. The molecule has 1 aliphatic rings. The predicted molar refractivity (Wildman–Crippen MR) is 75.1 cm³/mol. The number of hydrogen-bond acceptors (Lipinski definition) is 1. The van der Waals surface area contributed by atoms with Crippen LogP contribution in [-0.4, -0.2) is 12.7 Å². The van der Waals surface area contributed by atoms with E-state index >= 15 is 0 Å². The zero-order chi connectivity index (χ0) is 13.5. The lowest BCUT2D eigenvalue weighted by atomic mass is 9.59. The maximum atomic E-state index is 6.12. The molecule has 0 amide bonds. The quantitative estimate of drug-likeness (QED) is 0.603. The summed E-state index contributed by atoms with van der Waals surface area (Å²) in [5.41, 5.74) is 0.659. The van der Waals surface area contributed by atoms with E-state index in [0.717, 1.165) is 6.61 Å². The summed E-state index contributed by atoms with van der Waals surface area (Å²) in [5, 5.41) is 0. The lowest BCUT2D eigenvalue weighted by Crippen LogP contribution is -2.50. The van der Waals surface area contributed by atoms with E-state index in [1.54, 1.807) is 0 Å². The molecule has 2 atom stereocenters. The first-order valence-corrected chi connectivity index (χ1v) is 6.76. The summed E-state index contributed by atoms with van der Waals surface area (Å²) in [6, 6.07) is 0. The first-order chi connectivity index (χ1) is 7.48. The van der Waals surface area contributed by atoms with Crippen LogP contribution >= 0.6 is 0 Å². The molecule has 1 rings (SSSR count). The fraction of sp³-hybridized carbons (Fsp3) is 0.875. The number of ether oxygens (including phenoxy) is 1. The summed E-state index contributed by atoms with van der Waals surface area (Å²) in [6.45, 7) is 19.3. The average molecular weight is 238 g/mol. The highest BCUT2D eigenvalue weighted by molar-refractivity contribution is 5.07. The molecular weight excluding hydrogens is 208 g/mol. The molecule has 1 heteroatoms. The molecule has 0 spiro atoms. The van der Waals surface area contributed by atoms with Crippen LogP contribution in [0, 0.1) is 22.2 Å². The normalized spacial score (nSPS) is 27.3. The minimum absolute atomic E-state index is 0.162. The maximum absolute atomic E-state index is 6.12. The highest BCUT2D eigenvalue weighted by Gasteiger charge is 2.47. The van der Waals surface area contributed by atoms with E-state index in [9.17, 15) is 0 Å². The molecule has 0 saturated carbocycles. The molecule has 1 nitrogen and oxygen atoms in total. The van der Waals surface area contributed by atoms with Gasteiger partial charge in [-0.25, -0.2) is 0 Å². The van der Waals surface area contributed by atoms with E-state index in [1.165, 1.54) is 0 Å². The van der Waals surface area contributed by atoms with Gasteiger partial charge < -0.3 is 4.74 Å². The molecule has 0 fully saturated rings. The molecule has 0 saturated heterocycles. The van der Waals surface area contributed by atoms with Crippen LogP contribution in [0.5, 0.6) is 0 Å². The van der Waals surface area contributed by atoms with E-state index in [0.29, 0.717) is 12.0 Å². The van der Waals surface area contributed by atoms with Gasteiger partial charge in [0.1, 0.15) is 0 Å². The zero-order valence-electron chi connectivity index (χ0n) is 12.9. The second-order valence-electron chi connectivity index (χ2n) is 8.05. The van der Waals surface area contributed by atoms with E-state index in [-0.39, 0.29) is 16.2 Å². The molecule has 0 aromatic carbocycles. The van der Waals surface area contributed by atoms with Crippen molar-refractivity contribution < 1.29 is 4.74 Å². The Morgan fingerprint density at radius 1 is 0.941 bits per heavy atom. The first-order valence-electron chi connectivity index (χ1n) is 6.76. The third-order valence-electron chi connectivity index (χ3n) is 4.69. The molecule has 17 heavy (non-hydrogen) atoms. The lowest BCUT2D eigenvalue weighted by molar-refractivity contribution is -0.114. The van der Waals surface area contributed by atoms with Crippen molar-refractivity contribution in [2.75, 3.05) is 6.61 Å². The van der Waals surface area contributed by atoms with Crippen LogP contribution in [0.3, 0.4) is 0 Å². The Balaban J connectivity index is 3.07. The summed E-state index contributed by atoms with van der Waals surface area (Å²) in [4.78, 5) is 0. The van der Waals surface area contributed by atoms with Crippen molar-refractivity contribution in [2.24, 2.45) is 22.2 Å². The van der Waals surface area contributed by atoms with Gasteiger partial charge in [-0.15, -0.1) is 0 Å². The van der Waals surface area contributed by atoms with Gasteiger partial charge in [0, 0.05) is 5.92 Å². The zero-order valence-corrected chi connectivity index (χ0v) is 12.9. The molecule has 0 bridgehead atoms. The molecule has 0 N–H and O–H groups in total. The van der Waals surface area contributed by atoms with Crippen molar-refractivity contribution in [3.63, 3.8) is 0 Å². The summed E-state index contributed by atoms with van der Waals surface area (Å²) < 4.78 is 6.12. The SMILES string of the molecule is CC(C)(C)C1C=CCOC1C(C)(C)C(C)(C)C. The van der Waals surface area contributed by atoms with Gasteiger partial charge in [0.25, 0.3) is 0 Å². The average Bonchev–Trinajstić information content (AvgIpc) is 2.14. The smallest absolute Gasteiger partial charge is 0.0702 e. The van der Waals surface area contributed by atoms with Crippen molar-refractivity contribution in [1.82, 2.24) is 0 Å². The monoisotopic (exact) mass is 238 g/mol. The fourth-order valence-corrected chi connectivity index (χ4v) is 2.39. The summed E-state index contributed by atoms with van der Waals surface area (Å²) in [5.74, 6) is 0.491. The van der Waals surface area contributed by atoms with Crippen LogP contribution in [0.1, 0.15) is 55.4 Å². The Hall–Kier alpha value is -0.300. The Morgan fingerprint density at radius 2 is 1.47 bits per heavy atom. The molecule has 0 radical (unpaired) electrons. The van der Waals surface area contributed by atoms with Crippen LogP contribution in [-0.2, 0) is 4.74 Å². The predicted octanol–water partition coefficient (Wildman–Crippen LogP) is 4.68. The van der Waals surface area contributed by atoms with Gasteiger partial charge in [0.15, 0.2) is 0 Å². The van der Waals surface area contributed by atoms with Crippen molar-refractivity contribution >= 4 is 0 Å². The topological polar surface area (TPSA) is 9.23 Å². The standard InChI is InChI=1S/C16H30O/c1-14(2,3)12-10-9-11-17-13(12)16(7,8)15(4,5)6/h9-10,12-13H,11H2,1-8H3. The minimum atomic E-state index is 0.162. The van der Waals surface area contributed by atoms with Gasteiger partial charge in [-0.05, 0) is 16.2 Å². The van der Waals surface area contributed by atoms with E-state index in [1.807, 2.05) is 0 Å². The third-order valence-corrected chi connectivity index (χ3v) is 4.69.